The molecule has 0 aliphatic carbocycles. The van der Waals surface area contributed by atoms with Gasteiger partial charge >= 0.3 is 12.1 Å². The summed E-state index contributed by atoms with van der Waals surface area (Å²) in [6.07, 6.45) is -0.0810. The highest BCUT2D eigenvalue weighted by atomic mass is 32.2. The van der Waals surface area contributed by atoms with Gasteiger partial charge < -0.3 is 14.7 Å². The zero-order chi connectivity index (χ0) is 24.0. The molecule has 33 heavy (non-hydrogen) atoms. The van der Waals surface area contributed by atoms with Gasteiger partial charge in [0, 0.05) is 12.1 Å². The van der Waals surface area contributed by atoms with E-state index < -0.39 is 32.6 Å². The van der Waals surface area contributed by atoms with Crippen LogP contribution in [0.1, 0.15) is 48.0 Å². The van der Waals surface area contributed by atoms with E-state index in [4.69, 9.17) is 4.74 Å². The van der Waals surface area contributed by atoms with Crippen LogP contribution in [0.15, 0.2) is 41.3 Å². The van der Waals surface area contributed by atoms with Crippen LogP contribution in [-0.4, -0.2) is 38.7 Å². The lowest BCUT2D eigenvalue weighted by Crippen LogP contribution is -2.40. The van der Waals surface area contributed by atoms with E-state index in [1.54, 1.807) is 0 Å². The van der Waals surface area contributed by atoms with E-state index >= 15 is 0 Å². The van der Waals surface area contributed by atoms with Gasteiger partial charge in [0.2, 0.25) is 0 Å². The van der Waals surface area contributed by atoms with Gasteiger partial charge in [0.1, 0.15) is 10.6 Å². The van der Waals surface area contributed by atoms with Crippen molar-refractivity contribution in [3.8, 4) is 5.75 Å². The van der Waals surface area contributed by atoms with Gasteiger partial charge in [-0.1, -0.05) is 0 Å². The highest BCUT2D eigenvalue weighted by Gasteiger charge is 2.39. The molecule has 2 heterocycles. The molecule has 2 bridgehead atoms. The molecule has 0 aromatic heterocycles. The number of benzene rings is 2. The number of sulfonamides is 1. The number of carboxylic acids is 1. The summed E-state index contributed by atoms with van der Waals surface area (Å²) >= 11 is 0. The number of methoxy groups -OCH3 is 1. The Labute approximate surface area is 189 Å². The Kier molecular flexibility index (Phi) is 5.94. The van der Waals surface area contributed by atoms with Gasteiger partial charge in [-0.2, -0.15) is 13.2 Å². The summed E-state index contributed by atoms with van der Waals surface area (Å²) in [6, 6.07) is 6.60. The second kappa shape index (κ2) is 8.44. The van der Waals surface area contributed by atoms with Crippen LogP contribution in [0.2, 0.25) is 0 Å². The first-order valence-electron chi connectivity index (χ1n) is 10.4. The maximum Gasteiger partial charge on any atom is 0.416 e. The van der Waals surface area contributed by atoms with E-state index in [1.807, 2.05) is 4.90 Å². The van der Waals surface area contributed by atoms with Gasteiger partial charge in [0.25, 0.3) is 10.0 Å². The first-order chi connectivity index (χ1) is 15.5. The average Bonchev–Trinajstić information content (AvgIpc) is 2.99. The third-order valence-electron chi connectivity index (χ3n) is 6.24. The van der Waals surface area contributed by atoms with Crippen molar-refractivity contribution in [3.05, 3.63) is 47.5 Å². The van der Waals surface area contributed by atoms with Crippen molar-refractivity contribution >= 4 is 27.4 Å². The second-order valence-electron chi connectivity index (χ2n) is 8.23. The van der Waals surface area contributed by atoms with Crippen LogP contribution in [0, 0.1) is 0 Å². The van der Waals surface area contributed by atoms with Crippen molar-refractivity contribution in [2.75, 3.05) is 16.7 Å². The van der Waals surface area contributed by atoms with Gasteiger partial charge in [-0.05, 0) is 68.5 Å². The predicted octanol–water partition coefficient (Wildman–Crippen LogP) is 4.73. The molecule has 4 rings (SSSR count). The van der Waals surface area contributed by atoms with Crippen molar-refractivity contribution in [1.29, 1.82) is 0 Å². The highest BCUT2D eigenvalue weighted by molar-refractivity contribution is 7.92. The molecule has 2 aromatic carbocycles. The van der Waals surface area contributed by atoms with Crippen molar-refractivity contribution in [2.45, 2.75) is 55.3 Å². The zero-order valence-corrected chi connectivity index (χ0v) is 18.5. The summed E-state index contributed by atoms with van der Waals surface area (Å²) in [4.78, 5) is 12.9. The first kappa shape index (κ1) is 23.2. The van der Waals surface area contributed by atoms with E-state index in [1.165, 1.54) is 25.3 Å². The Morgan fingerprint density at radius 2 is 1.76 bits per heavy atom. The number of hydrogen-bond donors (Lipinski definition) is 2. The minimum absolute atomic E-state index is 0.126. The van der Waals surface area contributed by atoms with E-state index in [-0.39, 0.29) is 29.1 Å². The molecule has 0 spiro atoms. The van der Waals surface area contributed by atoms with E-state index in [9.17, 15) is 31.5 Å². The molecule has 2 aromatic rings. The van der Waals surface area contributed by atoms with Gasteiger partial charge in [-0.3, -0.25) is 4.72 Å². The number of carbonyl (C=O) groups is 1. The zero-order valence-electron chi connectivity index (χ0n) is 17.7. The molecule has 2 N–H and O–H groups in total. The number of aromatic carboxylic acids is 1. The lowest BCUT2D eigenvalue weighted by molar-refractivity contribution is -0.137. The number of hydrogen-bond acceptors (Lipinski definition) is 5. The maximum absolute atomic E-state index is 13.4. The molecular formula is C22H23F3N2O5S. The van der Waals surface area contributed by atoms with Crippen LogP contribution in [0.25, 0.3) is 0 Å². The number of ether oxygens (including phenoxy) is 1. The maximum atomic E-state index is 13.4. The van der Waals surface area contributed by atoms with Crippen molar-refractivity contribution in [1.82, 2.24) is 0 Å². The fourth-order valence-corrected chi connectivity index (χ4v) is 6.01. The Morgan fingerprint density at radius 1 is 1.09 bits per heavy atom. The van der Waals surface area contributed by atoms with E-state index in [2.05, 4.69) is 4.72 Å². The second-order valence-corrected chi connectivity index (χ2v) is 9.88. The van der Waals surface area contributed by atoms with Crippen LogP contribution >= 0.6 is 0 Å². The molecule has 2 aliphatic rings. The fourth-order valence-electron chi connectivity index (χ4n) is 4.75. The molecule has 0 amide bonds. The molecule has 0 saturated carbocycles. The lowest BCUT2D eigenvalue weighted by atomic mass is 10.0. The number of halogens is 3. The number of nitrogens with zero attached hydrogens (tertiary/aromatic N) is 1. The summed E-state index contributed by atoms with van der Waals surface area (Å²) in [6.45, 7) is 0. The summed E-state index contributed by atoms with van der Waals surface area (Å²) in [7, 11) is -3.26. The SMILES string of the molecule is COc1ccc(C(=O)O)cc1S(=O)(=O)Nc1cc(C(F)(F)F)ccc1N1C2CCCC1CC2. The fraction of sp³-hybridized carbons (Fsp3) is 0.409. The number of rotatable bonds is 6. The van der Waals surface area contributed by atoms with Gasteiger partial charge in [0.15, 0.2) is 0 Å². The third kappa shape index (κ3) is 4.46. The van der Waals surface area contributed by atoms with Crippen LogP contribution in [0.3, 0.4) is 0 Å². The van der Waals surface area contributed by atoms with Crippen molar-refractivity contribution in [2.24, 2.45) is 0 Å². The Bertz CT molecular complexity index is 1170. The number of piperidine rings is 1. The van der Waals surface area contributed by atoms with Crippen LogP contribution in [0.5, 0.6) is 5.75 Å². The van der Waals surface area contributed by atoms with Crippen LogP contribution in [-0.2, 0) is 16.2 Å². The normalized spacial score (nSPS) is 20.5. The van der Waals surface area contributed by atoms with Crippen molar-refractivity contribution < 1.29 is 36.2 Å². The quantitative estimate of drug-likeness (QED) is 0.615. The smallest absolute Gasteiger partial charge is 0.416 e. The van der Waals surface area contributed by atoms with Gasteiger partial charge in [0.05, 0.1) is 29.6 Å². The van der Waals surface area contributed by atoms with Gasteiger partial charge in [-0.25, -0.2) is 13.2 Å². The average molecular weight is 484 g/mol. The van der Waals surface area contributed by atoms with Crippen molar-refractivity contribution in [3.63, 3.8) is 0 Å². The Morgan fingerprint density at radius 3 is 2.33 bits per heavy atom. The number of carboxylic acid groups (broad SMARTS) is 1. The highest BCUT2D eigenvalue weighted by Crippen LogP contribution is 2.44. The number of alkyl halides is 3. The summed E-state index contributed by atoms with van der Waals surface area (Å²) < 4.78 is 74.2. The summed E-state index contributed by atoms with van der Waals surface area (Å²) in [5, 5.41) is 9.25. The molecule has 2 fully saturated rings. The largest absolute Gasteiger partial charge is 0.495 e. The minimum atomic E-state index is -4.67. The molecule has 11 heteroatoms. The van der Waals surface area contributed by atoms with Crippen LogP contribution in [0.4, 0.5) is 24.5 Å². The number of anilines is 2. The minimum Gasteiger partial charge on any atom is -0.495 e. The molecule has 2 saturated heterocycles. The topological polar surface area (TPSA) is 95.9 Å². The van der Waals surface area contributed by atoms with E-state index in [0.29, 0.717) is 5.69 Å². The summed E-state index contributed by atoms with van der Waals surface area (Å²) in [5.41, 5.74) is -1.10. The van der Waals surface area contributed by atoms with Gasteiger partial charge in [-0.15, -0.1) is 0 Å². The molecule has 2 unspecified atom stereocenters. The monoisotopic (exact) mass is 484 g/mol. The molecule has 7 nitrogen and oxygen atoms in total. The standard InChI is InChI=1S/C22H23F3N2O5S/c1-32-19-10-5-13(21(28)29)11-20(19)33(30,31)26-17-12-14(22(23,24)25)6-9-18(17)27-15-3-2-4-16(27)8-7-15/h5-6,9-12,15-16,26H,2-4,7-8H2,1H3,(H,28,29). The third-order valence-corrected chi connectivity index (χ3v) is 7.63. The molecule has 2 aliphatic heterocycles. The lowest BCUT2D eigenvalue weighted by Gasteiger charge is -2.38. The van der Waals surface area contributed by atoms with E-state index in [0.717, 1.165) is 50.3 Å². The first-order valence-corrected chi connectivity index (χ1v) is 11.9. The Balaban J connectivity index is 1.81. The molecule has 2 atom stereocenters. The molecule has 178 valence electrons. The summed E-state index contributed by atoms with van der Waals surface area (Å²) in [5.74, 6) is -1.47. The molecule has 0 radical (unpaired) electrons. The van der Waals surface area contributed by atoms with Crippen LogP contribution < -0.4 is 14.4 Å². The predicted molar refractivity (Wildman–Crippen MR) is 115 cm³/mol. The number of fused-ring (bicyclic) bond motifs is 2. The Hall–Kier alpha value is -2.95. The molecular weight excluding hydrogens is 461 g/mol. The number of nitrogens with one attached hydrogen (secondary N) is 1.